The molecule has 0 spiro atoms. The summed E-state index contributed by atoms with van der Waals surface area (Å²) in [5.74, 6) is 4.09. The lowest BCUT2D eigenvalue weighted by atomic mass is 10.0. The number of hydrogen-bond acceptors (Lipinski definition) is 6. The van der Waals surface area contributed by atoms with E-state index in [1.807, 2.05) is 0 Å². The number of alkyl halides is 6. The van der Waals surface area contributed by atoms with Gasteiger partial charge in [0.05, 0.1) is 22.4 Å². The lowest BCUT2D eigenvalue weighted by Gasteiger charge is -2.17. The van der Waals surface area contributed by atoms with Crippen molar-refractivity contribution in [1.82, 2.24) is 19.9 Å². The number of nitrogens with zero attached hydrogens (tertiary/aromatic N) is 3. The van der Waals surface area contributed by atoms with Gasteiger partial charge in [-0.05, 0) is 67.6 Å². The van der Waals surface area contributed by atoms with Gasteiger partial charge in [0.15, 0.2) is 5.82 Å². The fraction of sp³-hybridized carbons (Fsp3) is 0.125. The van der Waals surface area contributed by atoms with E-state index in [0.29, 0.717) is 17.0 Å². The minimum absolute atomic E-state index is 0.000929. The maximum atomic E-state index is 14.1. The van der Waals surface area contributed by atoms with E-state index in [2.05, 4.69) is 36.5 Å². The molecule has 0 aliphatic rings. The molecule has 45 heavy (non-hydrogen) atoms. The van der Waals surface area contributed by atoms with Crippen molar-refractivity contribution in [1.29, 1.82) is 0 Å². The molecule has 0 saturated heterocycles. The molecule has 2 aromatic heterocycles. The first kappa shape index (κ1) is 30.8. The smallest absolute Gasteiger partial charge is 0.487 e. The molecule has 13 heteroatoms. The predicted molar refractivity (Wildman–Crippen MR) is 151 cm³/mol. The third-order valence-electron chi connectivity index (χ3n) is 6.14. The second kappa shape index (κ2) is 12.5. The number of halogens is 6. The average Bonchev–Trinajstić information content (AvgIpc) is 2.98. The van der Waals surface area contributed by atoms with Crippen LogP contribution in [0.5, 0.6) is 11.5 Å². The number of pyridine rings is 1. The summed E-state index contributed by atoms with van der Waals surface area (Å²) in [7, 11) is 0. The van der Waals surface area contributed by atoms with Crippen molar-refractivity contribution in [3.8, 4) is 46.1 Å². The first-order chi connectivity index (χ1) is 21.4. The van der Waals surface area contributed by atoms with Gasteiger partial charge in [-0.15, -0.1) is 13.2 Å². The Morgan fingerprint density at radius 2 is 1.49 bits per heavy atom. The highest BCUT2D eigenvalue weighted by atomic mass is 19.4. The predicted octanol–water partition coefficient (Wildman–Crippen LogP) is 7.10. The molecule has 3 aromatic carbocycles. The molecule has 0 amide bonds. The fourth-order valence-electron chi connectivity index (χ4n) is 4.22. The monoisotopic (exact) mass is 622 g/mol. The minimum atomic E-state index is -4.89. The number of nitrogens with one attached hydrogen (secondary N) is 1. The van der Waals surface area contributed by atoms with Gasteiger partial charge >= 0.3 is 18.2 Å². The molecule has 7 nitrogen and oxygen atoms in total. The summed E-state index contributed by atoms with van der Waals surface area (Å²) in [6, 6.07) is 19.8. The summed E-state index contributed by atoms with van der Waals surface area (Å²) in [6.45, 7) is 1.62. The van der Waals surface area contributed by atoms with Crippen LogP contribution in [0.3, 0.4) is 0 Å². The van der Waals surface area contributed by atoms with Gasteiger partial charge in [-0.3, -0.25) is 9.97 Å². The van der Waals surface area contributed by atoms with Gasteiger partial charge in [0, 0.05) is 16.8 Å². The van der Waals surface area contributed by atoms with Crippen LogP contribution >= 0.6 is 0 Å². The number of benzene rings is 3. The van der Waals surface area contributed by atoms with Gasteiger partial charge in [0.25, 0.3) is 0 Å². The van der Waals surface area contributed by atoms with Gasteiger partial charge in [0.1, 0.15) is 23.9 Å². The van der Waals surface area contributed by atoms with E-state index in [9.17, 15) is 31.1 Å². The molecule has 0 aliphatic heterocycles. The molecule has 0 aliphatic carbocycles. The van der Waals surface area contributed by atoms with Crippen molar-refractivity contribution in [2.24, 2.45) is 0 Å². The number of hydrogen-bond donors (Lipinski definition) is 1. The second-order valence-electron chi connectivity index (χ2n) is 9.43. The number of rotatable bonds is 6. The van der Waals surface area contributed by atoms with Gasteiger partial charge in [-0.2, -0.15) is 18.2 Å². The lowest BCUT2D eigenvalue weighted by Crippen LogP contribution is -2.17. The van der Waals surface area contributed by atoms with Crippen molar-refractivity contribution >= 4 is 0 Å². The third kappa shape index (κ3) is 7.85. The molecule has 1 N–H and O–H groups in total. The van der Waals surface area contributed by atoms with E-state index in [4.69, 9.17) is 4.74 Å². The Bertz CT molecular complexity index is 1960. The molecule has 0 unspecified atom stereocenters. The van der Waals surface area contributed by atoms with Crippen molar-refractivity contribution in [3.05, 3.63) is 123 Å². The molecule has 0 radical (unpaired) electrons. The highest BCUT2D eigenvalue weighted by Crippen LogP contribution is 2.41. The zero-order valence-electron chi connectivity index (χ0n) is 23.1. The average molecular weight is 623 g/mol. The molecule has 2 heterocycles. The van der Waals surface area contributed by atoms with E-state index in [1.165, 1.54) is 54.6 Å². The fourth-order valence-corrected chi connectivity index (χ4v) is 4.22. The quantitative estimate of drug-likeness (QED) is 0.161. The highest BCUT2D eigenvalue weighted by molar-refractivity contribution is 5.71. The summed E-state index contributed by atoms with van der Waals surface area (Å²) in [4.78, 5) is 27.2. The summed E-state index contributed by atoms with van der Waals surface area (Å²) in [6.07, 6.45) is -9.71. The summed E-state index contributed by atoms with van der Waals surface area (Å²) in [5, 5.41) is 0. The van der Waals surface area contributed by atoms with Crippen molar-refractivity contribution < 1.29 is 35.8 Å². The first-order valence-corrected chi connectivity index (χ1v) is 13.1. The minimum Gasteiger partial charge on any atom is -0.487 e. The van der Waals surface area contributed by atoms with Crippen molar-refractivity contribution in [2.45, 2.75) is 26.1 Å². The standard InChI is InChI=1S/C32H20F6N4O3/c1-19-6-4-8-23(39-19)18-44-26-11-5-9-24(31(33,34)35)27(26)29-40-28(41-30(43)42-29)22-16-13-20(14-17-22)12-15-21-7-2-3-10-25(21)45-32(36,37)38/h2-11,13-14,16-17H,18H2,1H3,(H,40,41,42,43). The largest absolute Gasteiger partial charge is 0.573 e. The Labute approximate surface area is 251 Å². The molecule has 0 saturated carbocycles. The molecule has 5 aromatic rings. The Morgan fingerprint density at radius 1 is 0.778 bits per heavy atom. The van der Waals surface area contributed by atoms with E-state index >= 15 is 0 Å². The van der Waals surface area contributed by atoms with Crippen molar-refractivity contribution in [2.75, 3.05) is 0 Å². The van der Waals surface area contributed by atoms with E-state index in [1.54, 1.807) is 25.1 Å². The molecule has 0 fully saturated rings. The molecular formula is C32H20F6N4O3. The lowest BCUT2D eigenvalue weighted by molar-refractivity contribution is -0.274. The maximum Gasteiger partial charge on any atom is 0.573 e. The Hall–Kier alpha value is -5.64. The topological polar surface area (TPSA) is 90.0 Å². The van der Waals surface area contributed by atoms with Gasteiger partial charge in [-0.25, -0.2) is 9.78 Å². The number of aryl methyl sites for hydroxylation is 1. The highest BCUT2D eigenvalue weighted by Gasteiger charge is 2.36. The van der Waals surface area contributed by atoms with Gasteiger partial charge < -0.3 is 9.47 Å². The Balaban J connectivity index is 1.48. The first-order valence-electron chi connectivity index (χ1n) is 13.1. The van der Waals surface area contributed by atoms with Crippen LogP contribution in [0.1, 0.15) is 28.1 Å². The summed E-state index contributed by atoms with van der Waals surface area (Å²) in [5.41, 5.74) is -0.696. The van der Waals surface area contributed by atoms with E-state index < -0.39 is 40.9 Å². The molecular weight excluding hydrogens is 602 g/mol. The maximum absolute atomic E-state index is 14.1. The zero-order chi connectivity index (χ0) is 32.2. The number of para-hydroxylation sites is 1. The van der Waals surface area contributed by atoms with E-state index in [0.717, 1.165) is 12.1 Å². The normalized spacial score (nSPS) is 11.4. The molecule has 5 rings (SSSR count). The zero-order valence-corrected chi connectivity index (χ0v) is 23.1. The number of H-pyrrole nitrogens is 1. The third-order valence-corrected chi connectivity index (χ3v) is 6.14. The van der Waals surface area contributed by atoms with Crippen molar-refractivity contribution in [3.63, 3.8) is 0 Å². The Morgan fingerprint density at radius 3 is 2.20 bits per heavy atom. The number of aromatic amines is 1. The molecule has 0 bridgehead atoms. The van der Waals surface area contributed by atoms with E-state index in [-0.39, 0.29) is 29.3 Å². The summed E-state index contributed by atoms with van der Waals surface area (Å²) >= 11 is 0. The Kier molecular flexibility index (Phi) is 8.58. The van der Waals surface area contributed by atoms with Crippen LogP contribution in [0, 0.1) is 18.8 Å². The SMILES string of the molecule is Cc1cccc(COc2cccc(C(F)(F)F)c2-c2nc(-c3ccc(C#Cc4ccccc4OC(F)(F)F)cc3)nc(=O)[nH]2)n1. The van der Waals surface area contributed by atoms with Crippen LogP contribution in [0.15, 0.2) is 89.7 Å². The number of ether oxygens (including phenoxy) is 2. The van der Waals surface area contributed by atoms with Gasteiger partial charge in [-0.1, -0.05) is 36.1 Å². The second-order valence-corrected chi connectivity index (χ2v) is 9.43. The molecule has 0 atom stereocenters. The van der Waals surface area contributed by atoms with Crippen LogP contribution < -0.4 is 15.2 Å². The molecule has 228 valence electrons. The van der Waals surface area contributed by atoms with Crippen LogP contribution in [0.2, 0.25) is 0 Å². The van der Waals surface area contributed by atoms with Gasteiger partial charge in [0.2, 0.25) is 0 Å². The number of aromatic nitrogens is 4. The van der Waals surface area contributed by atoms with Crippen LogP contribution in [-0.4, -0.2) is 26.3 Å². The van der Waals surface area contributed by atoms with Crippen LogP contribution in [0.4, 0.5) is 26.3 Å². The summed E-state index contributed by atoms with van der Waals surface area (Å²) < 4.78 is 90.2. The van der Waals surface area contributed by atoms with Crippen LogP contribution in [0.25, 0.3) is 22.8 Å². The van der Waals surface area contributed by atoms with Crippen LogP contribution in [-0.2, 0) is 12.8 Å².